The van der Waals surface area contributed by atoms with Gasteiger partial charge in [0.25, 0.3) is 0 Å². The standard InChI is InChI=1S/C9H10ClNO2/c1-6-2-3-7(10)8(4-6)13-9(12)5-11/h2-4H,5,11H2,1H3. The molecule has 1 aromatic carbocycles. The molecule has 0 fully saturated rings. The molecule has 0 aliphatic carbocycles. The van der Waals surface area contributed by atoms with Crippen LogP contribution in [0.4, 0.5) is 0 Å². The van der Waals surface area contributed by atoms with E-state index in [9.17, 15) is 4.79 Å². The van der Waals surface area contributed by atoms with Gasteiger partial charge < -0.3 is 10.5 Å². The van der Waals surface area contributed by atoms with E-state index in [1.165, 1.54) is 0 Å². The van der Waals surface area contributed by atoms with Gasteiger partial charge >= 0.3 is 5.97 Å². The molecular weight excluding hydrogens is 190 g/mol. The fourth-order valence-electron chi connectivity index (χ4n) is 0.853. The quantitative estimate of drug-likeness (QED) is 0.580. The summed E-state index contributed by atoms with van der Waals surface area (Å²) >= 11 is 5.78. The van der Waals surface area contributed by atoms with Crippen LogP contribution in [0, 0.1) is 6.92 Å². The van der Waals surface area contributed by atoms with Gasteiger partial charge in [-0.2, -0.15) is 0 Å². The summed E-state index contributed by atoms with van der Waals surface area (Å²) in [5.74, 6) is -0.135. The van der Waals surface area contributed by atoms with Crippen molar-refractivity contribution in [3.05, 3.63) is 28.8 Å². The van der Waals surface area contributed by atoms with E-state index in [4.69, 9.17) is 22.1 Å². The molecule has 0 unspecified atom stereocenters. The minimum atomic E-state index is -0.493. The Morgan fingerprint density at radius 1 is 1.62 bits per heavy atom. The molecule has 0 bridgehead atoms. The molecule has 2 N–H and O–H groups in total. The average Bonchev–Trinajstić information content (AvgIpc) is 2.11. The van der Waals surface area contributed by atoms with E-state index < -0.39 is 5.97 Å². The maximum absolute atomic E-state index is 10.8. The molecule has 0 radical (unpaired) electrons. The van der Waals surface area contributed by atoms with Crippen LogP contribution in [-0.4, -0.2) is 12.5 Å². The predicted molar refractivity (Wildman–Crippen MR) is 50.9 cm³/mol. The van der Waals surface area contributed by atoms with Gasteiger partial charge in [0, 0.05) is 0 Å². The van der Waals surface area contributed by atoms with Crippen molar-refractivity contribution in [2.45, 2.75) is 6.92 Å². The van der Waals surface area contributed by atoms with Crippen molar-refractivity contribution < 1.29 is 9.53 Å². The molecule has 0 spiro atoms. The number of hydrogen-bond acceptors (Lipinski definition) is 3. The van der Waals surface area contributed by atoms with Crippen LogP contribution in [-0.2, 0) is 4.79 Å². The van der Waals surface area contributed by atoms with Gasteiger partial charge in [-0.15, -0.1) is 0 Å². The SMILES string of the molecule is Cc1ccc(Cl)c(OC(=O)CN)c1. The lowest BCUT2D eigenvalue weighted by Crippen LogP contribution is -2.19. The van der Waals surface area contributed by atoms with E-state index in [0.29, 0.717) is 10.8 Å². The molecule has 0 saturated heterocycles. The molecule has 0 aliphatic heterocycles. The zero-order valence-electron chi connectivity index (χ0n) is 7.21. The van der Waals surface area contributed by atoms with Crippen molar-refractivity contribution in [1.29, 1.82) is 0 Å². The highest BCUT2D eigenvalue weighted by Crippen LogP contribution is 2.25. The van der Waals surface area contributed by atoms with Crippen LogP contribution >= 0.6 is 11.6 Å². The first kappa shape index (κ1) is 10.0. The van der Waals surface area contributed by atoms with Crippen LogP contribution in [0.15, 0.2) is 18.2 Å². The van der Waals surface area contributed by atoms with Crippen molar-refractivity contribution in [1.82, 2.24) is 0 Å². The third-order valence-corrected chi connectivity index (χ3v) is 1.79. The summed E-state index contributed by atoms with van der Waals surface area (Å²) in [6.45, 7) is 1.74. The largest absolute Gasteiger partial charge is 0.424 e. The van der Waals surface area contributed by atoms with Gasteiger partial charge in [-0.3, -0.25) is 4.79 Å². The first-order valence-corrected chi connectivity index (χ1v) is 4.18. The average molecular weight is 200 g/mol. The Balaban J connectivity index is 2.87. The molecular formula is C9H10ClNO2. The number of benzene rings is 1. The fraction of sp³-hybridized carbons (Fsp3) is 0.222. The number of nitrogens with two attached hydrogens (primary N) is 1. The maximum atomic E-state index is 10.8. The molecule has 0 aromatic heterocycles. The third kappa shape index (κ3) is 2.72. The van der Waals surface area contributed by atoms with Crippen LogP contribution in [0.3, 0.4) is 0 Å². The van der Waals surface area contributed by atoms with Crippen LogP contribution in [0.5, 0.6) is 5.75 Å². The molecule has 0 amide bonds. The van der Waals surface area contributed by atoms with Gasteiger partial charge in [-0.05, 0) is 24.6 Å². The smallest absolute Gasteiger partial charge is 0.325 e. The number of halogens is 1. The Kier molecular flexibility index (Phi) is 3.28. The fourth-order valence-corrected chi connectivity index (χ4v) is 1.01. The van der Waals surface area contributed by atoms with E-state index >= 15 is 0 Å². The summed E-state index contributed by atoms with van der Waals surface area (Å²) in [5.41, 5.74) is 6.07. The molecule has 13 heavy (non-hydrogen) atoms. The summed E-state index contributed by atoms with van der Waals surface area (Å²) in [6.07, 6.45) is 0. The molecule has 0 aliphatic rings. The number of hydrogen-bond donors (Lipinski definition) is 1. The summed E-state index contributed by atoms with van der Waals surface area (Å²) in [4.78, 5) is 10.8. The van der Waals surface area contributed by atoms with Crippen molar-refractivity contribution in [2.24, 2.45) is 5.73 Å². The van der Waals surface area contributed by atoms with Gasteiger partial charge in [-0.25, -0.2) is 0 Å². The normalized spacial score (nSPS) is 9.77. The van der Waals surface area contributed by atoms with Crippen LogP contribution in [0.25, 0.3) is 0 Å². The van der Waals surface area contributed by atoms with Crippen LogP contribution in [0.1, 0.15) is 5.56 Å². The molecule has 1 aromatic rings. The number of aryl methyl sites for hydroxylation is 1. The molecule has 1 rings (SSSR count). The van der Waals surface area contributed by atoms with Gasteiger partial charge in [0.2, 0.25) is 0 Å². The minimum absolute atomic E-state index is 0.149. The highest BCUT2D eigenvalue weighted by atomic mass is 35.5. The molecule has 70 valence electrons. The van der Waals surface area contributed by atoms with Crippen molar-refractivity contribution in [3.8, 4) is 5.75 Å². The van der Waals surface area contributed by atoms with Crippen LogP contribution < -0.4 is 10.5 Å². The monoisotopic (exact) mass is 199 g/mol. The van der Waals surface area contributed by atoms with E-state index in [0.717, 1.165) is 5.56 Å². The molecule has 0 saturated carbocycles. The summed E-state index contributed by atoms with van der Waals surface area (Å²) < 4.78 is 4.88. The Bertz CT molecular complexity index is 325. The van der Waals surface area contributed by atoms with Gasteiger partial charge in [-0.1, -0.05) is 17.7 Å². The zero-order valence-corrected chi connectivity index (χ0v) is 7.97. The Morgan fingerprint density at radius 2 is 2.31 bits per heavy atom. The lowest BCUT2D eigenvalue weighted by Gasteiger charge is -2.05. The number of carbonyl (C=O) groups is 1. The second-order valence-corrected chi connectivity index (χ2v) is 3.02. The van der Waals surface area contributed by atoms with E-state index in [-0.39, 0.29) is 6.54 Å². The Labute approximate surface area is 81.4 Å². The van der Waals surface area contributed by atoms with Crippen molar-refractivity contribution in [3.63, 3.8) is 0 Å². The molecule has 0 heterocycles. The van der Waals surface area contributed by atoms with Crippen LogP contribution in [0.2, 0.25) is 5.02 Å². The van der Waals surface area contributed by atoms with E-state index in [1.54, 1.807) is 12.1 Å². The summed E-state index contributed by atoms with van der Waals surface area (Å²) in [7, 11) is 0. The number of rotatable bonds is 2. The number of carbonyl (C=O) groups excluding carboxylic acids is 1. The van der Waals surface area contributed by atoms with Gasteiger partial charge in [0.05, 0.1) is 11.6 Å². The first-order valence-electron chi connectivity index (χ1n) is 3.80. The second-order valence-electron chi connectivity index (χ2n) is 2.61. The zero-order chi connectivity index (χ0) is 9.84. The summed E-state index contributed by atoms with van der Waals surface area (Å²) in [5, 5.41) is 0.410. The highest BCUT2D eigenvalue weighted by Gasteiger charge is 2.05. The number of ether oxygens (including phenoxy) is 1. The minimum Gasteiger partial charge on any atom is -0.424 e. The maximum Gasteiger partial charge on any atom is 0.325 e. The Hall–Kier alpha value is -1.06. The molecule has 4 heteroatoms. The Morgan fingerprint density at radius 3 is 2.92 bits per heavy atom. The lowest BCUT2D eigenvalue weighted by molar-refractivity contribution is -0.132. The van der Waals surface area contributed by atoms with Gasteiger partial charge in [0.1, 0.15) is 5.75 Å². The molecule has 0 atom stereocenters. The first-order chi connectivity index (χ1) is 6.13. The van der Waals surface area contributed by atoms with E-state index in [2.05, 4.69) is 0 Å². The highest BCUT2D eigenvalue weighted by molar-refractivity contribution is 6.32. The summed E-state index contributed by atoms with van der Waals surface area (Å²) in [6, 6.07) is 5.20. The van der Waals surface area contributed by atoms with Crippen molar-refractivity contribution in [2.75, 3.05) is 6.54 Å². The second kappa shape index (κ2) is 4.25. The third-order valence-electron chi connectivity index (χ3n) is 1.48. The molecule has 3 nitrogen and oxygen atoms in total. The lowest BCUT2D eigenvalue weighted by atomic mass is 10.2. The van der Waals surface area contributed by atoms with Gasteiger partial charge in [0.15, 0.2) is 0 Å². The van der Waals surface area contributed by atoms with Crippen molar-refractivity contribution >= 4 is 17.6 Å². The number of esters is 1. The topological polar surface area (TPSA) is 52.3 Å². The van der Waals surface area contributed by atoms with E-state index in [1.807, 2.05) is 13.0 Å². The predicted octanol–water partition coefficient (Wildman–Crippen LogP) is 1.51.